The minimum Gasteiger partial charge on any atom is -0.366 e. The summed E-state index contributed by atoms with van der Waals surface area (Å²) in [6.07, 6.45) is 1.09. The van der Waals surface area contributed by atoms with Gasteiger partial charge in [-0.1, -0.05) is 13.0 Å². The first kappa shape index (κ1) is 10.4. The van der Waals surface area contributed by atoms with Crippen molar-refractivity contribution >= 4 is 5.69 Å². The third-order valence-electron chi connectivity index (χ3n) is 2.96. The summed E-state index contributed by atoms with van der Waals surface area (Å²) in [5, 5.41) is 3.36. The van der Waals surface area contributed by atoms with Crippen molar-refractivity contribution in [3.8, 4) is 0 Å². The van der Waals surface area contributed by atoms with E-state index in [2.05, 4.69) is 17.1 Å². The van der Waals surface area contributed by atoms with Crippen molar-refractivity contribution in [3.63, 3.8) is 0 Å². The summed E-state index contributed by atoms with van der Waals surface area (Å²) >= 11 is 0. The first-order valence-corrected chi connectivity index (χ1v) is 5.54. The van der Waals surface area contributed by atoms with Gasteiger partial charge in [-0.25, -0.2) is 4.39 Å². The lowest BCUT2D eigenvalue weighted by atomic mass is 10.1. The van der Waals surface area contributed by atoms with Crippen molar-refractivity contribution in [2.45, 2.75) is 19.4 Å². The van der Waals surface area contributed by atoms with Crippen LogP contribution in [0.2, 0.25) is 0 Å². The number of benzene rings is 1. The van der Waals surface area contributed by atoms with Crippen molar-refractivity contribution in [1.29, 1.82) is 0 Å². The Kier molecular flexibility index (Phi) is 3.21. The van der Waals surface area contributed by atoms with Gasteiger partial charge in [0.15, 0.2) is 0 Å². The first-order chi connectivity index (χ1) is 7.31. The Morgan fingerprint density at radius 1 is 1.53 bits per heavy atom. The van der Waals surface area contributed by atoms with Gasteiger partial charge in [-0.05, 0) is 24.6 Å². The molecule has 1 atom stereocenters. The van der Waals surface area contributed by atoms with E-state index in [0.717, 1.165) is 31.7 Å². The minimum atomic E-state index is -0.152. The molecule has 0 radical (unpaired) electrons. The number of rotatable bonds is 2. The highest BCUT2D eigenvalue weighted by Crippen LogP contribution is 2.20. The predicted molar refractivity (Wildman–Crippen MR) is 60.7 cm³/mol. The molecule has 0 saturated carbocycles. The standard InChI is InChI=1S/C12H17FN2/c1-2-11-9-14-6-7-15(11)12-5-3-4-10(13)8-12/h3-5,8,11,14H,2,6-7,9H2,1H3/t11-/m0/s1. The van der Waals surface area contributed by atoms with Gasteiger partial charge in [0.25, 0.3) is 0 Å². The van der Waals surface area contributed by atoms with Crippen LogP contribution in [0.25, 0.3) is 0 Å². The molecule has 0 bridgehead atoms. The first-order valence-electron chi connectivity index (χ1n) is 5.54. The van der Waals surface area contributed by atoms with E-state index in [0.29, 0.717) is 6.04 Å². The Bertz CT molecular complexity index is 327. The summed E-state index contributed by atoms with van der Waals surface area (Å²) in [6.45, 7) is 5.10. The van der Waals surface area contributed by atoms with Crippen LogP contribution in [0.3, 0.4) is 0 Å². The zero-order valence-electron chi connectivity index (χ0n) is 9.04. The van der Waals surface area contributed by atoms with E-state index in [1.165, 1.54) is 6.07 Å². The van der Waals surface area contributed by atoms with Crippen LogP contribution in [-0.2, 0) is 0 Å². The smallest absolute Gasteiger partial charge is 0.125 e. The second-order valence-corrected chi connectivity index (χ2v) is 3.94. The molecule has 3 heteroatoms. The van der Waals surface area contributed by atoms with Crippen molar-refractivity contribution in [3.05, 3.63) is 30.1 Å². The quantitative estimate of drug-likeness (QED) is 0.800. The molecule has 0 spiro atoms. The van der Waals surface area contributed by atoms with E-state index in [9.17, 15) is 4.39 Å². The molecule has 1 N–H and O–H groups in total. The number of anilines is 1. The van der Waals surface area contributed by atoms with Gasteiger partial charge >= 0.3 is 0 Å². The highest BCUT2D eigenvalue weighted by molar-refractivity contribution is 5.48. The average Bonchev–Trinajstić information content (AvgIpc) is 2.29. The third-order valence-corrected chi connectivity index (χ3v) is 2.96. The number of hydrogen-bond donors (Lipinski definition) is 1. The van der Waals surface area contributed by atoms with Crippen LogP contribution in [0.1, 0.15) is 13.3 Å². The molecule has 1 heterocycles. The lowest BCUT2D eigenvalue weighted by Gasteiger charge is -2.37. The monoisotopic (exact) mass is 208 g/mol. The molecule has 2 rings (SSSR count). The van der Waals surface area contributed by atoms with E-state index in [1.807, 2.05) is 6.07 Å². The fraction of sp³-hybridized carbons (Fsp3) is 0.500. The maximum atomic E-state index is 13.1. The maximum Gasteiger partial charge on any atom is 0.125 e. The molecule has 1 saturated heterocycles. The molecule has 1 aromatic carbocycles. The summed E-state index contributed by atoms with van der Waals surface area (Å²) in [7, 11) is 0. The van der Waals surface area contributed by atoms with Crippen molar-refractivity contribution in [1.82, 2.24) is 5.32 Å². The van der Waals surface area contributed by atoms with Crippen LogP contribution in [0, 0.1) is 5.82 Å². The number of halogens is 1. The number of nitrogens with one attached hydrogen (secondary N) is 1. The van der Waals surface area contributed by atoms with E-state index in [4.69, 9.17) is 0 Å². The topological polar surface area (TPSA) is 15.3 Å². The van der Waals surface area contributed by atoms with Crippen LogP contribution in [0.4, 0.5) is 10.1 Å². The van der Waals surface area contributed by atoms with Gasteiger partial charge in [-0.3, -0.25) is 0 Å². The van der Waals surface area contributed by atoms with Crippen LogP contribution in [-0.4, -0.2) is 25.7 Å². The molecule has 82 valence electrons. The Labute approximate surface area is 90.1 Å². The summed E-state index contributed by atoms with van der Waals surface area (Å²) in [5.41, 5.74) is 1.00. The number of hydrogen-bond acceptors (Lipinski definition) is 2. The molecule has 0 aromatic heterocycles. The minimum absolute atomic E-state index is 0.152. The molecule has 2 nitrogen and oxygen atoms in total. The molecule has 1 aromatic rings. The fourth-order valence-electron chi connectivity index (χ4n) is 2.12. The van der Waals surface area contributed by atoms with E-state index in [-0.39, 0.29) is 5.82 Å². The summed E-state index contributed by atoms with van der Waals surface area (Å²) in [5.74, 6) is -0.152. The second-order valence-electron chi connectivity index (χ2n) is 3.94. The van der Waals surface area contributed by atoms with Gasteiger partial charge in [0.2, 0.25) is 0 Å². The average molecular weight is 208 g/mol. The van der Waals surface area contributed by atoms with Gasteiger partial charge in [-0.15, -0.1) is 0 Å². The largest absolute Gasteiger partial charge is 0.366 e. The SMILES string of the molecule is CC[C@H]1CNCCN1c1cccc(F)c1. The molecule has 0 unspecified atom stereocenters. The number of nitrogens with zero attached hydrogens (tertiary/aromatic N) is 1. The molecule has 0 aliphatic carbocycles. The highest BCUT2D eigenvalue weighted by Gasteiger charge is 2.20. The lowest BCUT2D eigenvalue weighted by Crippen LogP contribution is -2.51. The predicted octanol–water partition coefficient (Wildman–Crippen LogP) is 2.01. The zero-order valence-corrected chi connectivity index (χ0v) is 9.04. The normalized spacial score (nSPS) is 21.7. The molecular formula is C12H17FN2. The summed E-state index contributed by atoms with van der Waals surface area (Å²) < 4.78 is 13.1. The van der Waals surface area contributed by atoms with Gasteiger partial charge < -0.3 is 10.2 Å². The van der Waals surface area contributed by atoms with Crippen LogP contribution < -0.4 is 10.2 Å². The van der Waals surface area contributed by atoms with Gasteiger partial charge in [-0.2, -0.15) is 0 Å². The van der Waals surface area contributed by atoms with Crippen LogP contribution >= 0.6 is 0 Å². The van der Waals surface area contributed by atoms with Gasteiger partial charge in [0.05, 0.1) is 0 Å². The summed E-state index contributed by atoms with van der Waals surface area (Å²) in [4.78, 5) is 2.29. The second kappa shape index (κ2) is 4.62. The molecule has 1 fully saturated rings. The maximum absolute atomic E-state index is 13.1. The Balaban J connectivity index is 2.20. The van der Waals surface area contributed by atoms with E-state index >= 15 is 0 Å². The Hall–Kier alpha value is -1.09. The van der Waals surface area contributed by atoms with Crippen molar-refractivity contribution in [2.75, 3.05) is 24.5 Å². The molecule has 15 heavy (non-hydrogen) atoms. The fourth-order valence-corrected chi connectivity index (χ4v) is 2.12. The molecule has 1 aliphatic heterocycles. The Morgan fingerprint density at radius 2 is 2.40 bits per heavy atom. The van der Waals surface area contributed by atoms with Crippen LogP contribution in [0.5, 0.6) is 0 Å². The molecular weight excluding hydrogens is 191 g/mol. The van der Waals surface area contributed by atoms with Gasteiger partial charge in [0, 0.05) is 31.4 Å². The summed E-state index contributed by atoms with van der Waals surface area (Å²) in [6, 6.07) is 7.36. The highest BCUT2D eigenvalue weighted by atomic mass is 19.1. The van der Waals surface area contributed by atoms with E-state index < -0.39 is 0 Å². The van der Waals surface area contributed by atoms with Crippen LogP contribution in [0.15, 0.2) is 24.3 Å². The van der Waals surface area contributed by atoms with Gasteiger partial charge in [0.1, 0.15) is 5.82 Å². The molecule has 0 amide bonds. The van der Waals surface area contributed by atoms with Crippen molar-refractivity contribution in [2.24, 2.45) is 0 Å². The zero-order chi connectivity index (χ0) is 10.7. The third kappa shape index (κ3) is 2.29. The van der Waals surface area contributed by atoms with E-state index in [1.54, 1.807) is 12.1 Å². The van der Waals surface area contributed by atoms with Crippen molar-refractivity contribution < 1.29 is 4.39 Å². The lowest BCUT2D eigenvalue weighted by molar-refractivity contribution is 0.465. The Morgan fingerprint density at radius 3 is 3.13 bits per heavy atom. The number of piperazine rings is 1. The molecule has 1 aliphatic rings.